The van der Waals surface area contributed by atoms with E-state index in [1.54, 1.807) is 0 Å². The van der Waals surface area contributed by atoms with E-state index in [9.17, 15) is 18.0 Å². The molecule has 0 radical (unpaired) electrons. The Kier molecular flexibility index (Phi) is 8.64. The number of alkyl halides is 3. The number of para-hydroxylation sites is 2. The monoisotopic (exact) mass is 457 g/mol. The van der Waals surface area contributed by atoms with Crippen molar-refractivity contribution in [2.75, 3.05) is 25.1 Å². The molecule has 1 unspecified atom stereocenters. The number of anilines is 1. The van der Waals surface area contributed by atoms with Crippen LogP contribution in [0.5, 0.6) is 5.75 Å². The van der Waals surface area contributed by atoms with Crippen LogP contribution >= 0.6 is 12.6 Å². The number of benzene rings is 2. The summed E-state index contributed by atoms with van der Waals surface area (Å²) in [5.41, 5.74) is -0.223. The third-order valence-electron chi connectivity index (χ3n) is 3.86. The number of hydrogen-bond donors (Lipinski definition) is 2. The maximum atomic E-state index is 12.0. The van der Waals surface area contributed by atoms with Gasteiger partial charge < -0.3 is 19.5 Å². The predicted molar refractivity (Wildman–Crippen MR) is 115 cm³/mol. The van der Waals surface area contributed by atoms with Gasteiger partial charge in [0, 0.05) is 4.90 Å². The molecule has 0 aromatic heterocycles. The number of carbonyl (C=O) groups is 1. The van der Waals surface area contributed by atoms with Gasteiger partial charge in [-0.2, -0.15) is 13.2 Å². The molecule has 3 rings (SSSR count). The Morgan fingerprint density at radius 3 is 2.39 bits per heavy atom. The highest BCUT2D eigenvalue weighted by Gasteiger charge is 2.32. The van der Waals surface area contributed by atoms with Gasteiger partial charge in [-0.25, -0.2) is 4.79 Å². The molecule has 0 fully saturated rings. The predicted octanol–water partition coefficient (Wildman–Crippen LogP) is 5.21. The van der Waals surface area contributed by atoms with Gasteiger partial charge in [0.25, 0.3) is 0 Å². The SMILES string of the molecule is CC(C)(C)OC(=O)COCC1COc2ccccc2N1.FC(F)(F)c1ccccc1S. The van der Waals surface area contributed by atoms with Crippen LogP contribution in [0.15, 0.2) is 53.4 Å². The molecule has 0 aliphatic carbocycles. The van der Waals surface area contributed by atoms with E-state index in [2.05, 4.69) is 17.9 Å². The smallest absolute Gasteiger partial charge is 0.417 e. The van der Waals surface area contributed by atoms with Gasteiger partial charge in [0.1, 0.15) is 24.6 Å². The largest absolute Gasteiger partial charge is 0.489 e. The fourth-order valence-corrected chi connectivity index (χ4v) is 2.91. The molecule has 1 aliphatic heterocycles. The third kappa shape index (κ3) is 8.70. The molecule has 31 heavy (non-hydrogen) atoms. The van der Waals surface area contributed by atoms with Crippen LogP contribution in [0.4, 0.5) is 18.9 Å². The summed E-state index contributed by atoms with van der Waals surface area (Å²) in [4.78, 5) is 11.5. The maximum Gasteiger partial charge on any atom is 0.417 e. The first-order valence-corrected chi connectivity index (χ1v) is 10.0. The van der Waals surface area contributed by atoms with Crippen molar-refractivity contribution in [1.29, 1.82) is 0 Å². The molecular weight excluding hydrogens is 431 g/mol. The zero-order valence-electron chi connectivity index (χ0n) is 17.5. The van der Waals surface area contributed by atoms with Crippen LogP contribution in [-0.4, -0.2) is 37.4 Å². The van der Waals surface area contributed by atoms with E-state index >= 15 is 0 Å². The molecule has 1 aliphatic rings. The topological polar surface area (TPSA) is 56.8 Å². The first-order valence-electron chi connectivity index (χ1n) is 9.59. The van der Waals surface area contributed by atoms with Crippen LogP contribution in [0, 0.1) is 0 Å². The van der Waals surface area contributed by atoms with Crippen LogP contribution in [0.1, 0.15) is 26.3 Å². The zero-order valence-corrected chi connectivity index (χ0v) is 18.4. The van der Waals surface area contributed by atoms with Crippen LogP contribution in [-0.2, 0) is 20.4 Å². The second-order valence-electron chi connectivity index (χ2n) is 7.76. The van der Waals surface area contributed by atoms with Crippen LogP contribution in [0.3, 0.4) is 0 Å². The van der Waals surface area contributed by atoms with E-state index in [1.807, 2.05) is 45.0 Å². The molecule has 0 spiro atoms. The van der Waals surface area contributed by atoms with Crippen molar-refractivity contribution >= 4 is 24.3 Å². The summed E-state index contributed by atoms with van der Waals surface area (Å²) in [6.45, 7) is 6.37. The van der Waals surface area contributed by atoms with Crippen molar-refractivity contribution in [3.8, 4) is 5.75 Å². The lowest BCUT2D eigenvalue weighted by atomic mass is 10.2. The fourth-order valence-electron chi connectivity index (χ4n) is 2.62. The Morgan fingerprint density at radius 2 is 1.77 bits per heavy atom. The fraction of sp³-hybridized carbons (Fsp3) is 0.409. The van der Waals surface area contributed by atoms with E-state index in [-0.39, 0.29) is 23.5 Å². The average Bonchev–Trinajstić information content (AvgIpc) is 2.66. The highest BCUT2D eigenvalue weighted by molar-refractivity contribution is 7.80. The van der Waals surface area contributed by atoms with Crippen molar-refractivity contribution in [3.63, 3.8) is 0 Å². The Bertz CT molecular complexity index is 868. The molecule has 2 aromatic rings. The second-order valence-corrected chi connectivity index (χ2v) is 8.25. The Hall–Kier alpha value is -2.39. The summed E-state index contributed by atoms with van der Waals surface area (Å²) in [6, 6.07) is 12.9. The van der Waals surface area contributed by atoms with E-state index in [0.29, 0.717) is 13.2 Å². The number of carbonyl (C=O) groups excluding carboxylic acids is 1. The number of esters is 1. The molecular formula is C22H26F3NO4S. The van der Waals surface area contributed by atoms with Crippen LogP contribution in [0.25, 0.3) is 0 Å². The van der Waals surface area contributed by atoms with Gasteiger partial charge >= 0.3 is 12.1 Å². The molecule has 0 bridgehead atoms. The van der Waals surface area contributed by atoms with E-state index < -0.39 is 17.3 Å². The molecule has 170 valence electrons. The second kappa shape index (κ2) is 10.8. The van der Waals surface area contributed by atoms with Crippen molar-refractivity contribution in [2.45, 2.75) is 43.5 Å². The quantitative estimate of drug-likeness (QED) is 0.488. The molecule has 0 saturated heterocycles. The van der Waals surface area contributed by atoms with Crippen molar-refractivity contribution < 1.29 is 32.2 Å². The summed E-state index contributed by atoms with van der Waals surface area (Å²) in [5.74, 6) is 0.491. The average molecular weight is 458 g/mol. The minimum atomic E-state index is -4.29. The molecule has 0 saturated carbocycles. The Labute approximate surface area is 185 Å². The zero-order chi connectivity index (χ0) is 23.1. The number of halogens is 3. The number of fused-ring (bicyclic) bond motifs is 1. The number of hydrogen-bond acceptors (Lipinski definition) is 6. The highest BCUT2D eigenvalue weighted by atomic mass is 32.1. The molecule has 9 heteroatoms. The first-order chi connectivity index (χ1) is 14.5. The lowest BCUT2D eigenvalue weighted by Gasteiger charge is -2.27. The number of rotatable bonds is 4. The van der Waals surface area contributed by atoms with Gasteiger partial charge in [-0.1, -0.05) is 24.3 Å². The van der Waals surface area contributed by atoms with E-state index in [0.717, 1.165) is 17.5 Å². The number of nitrogens with one attached hydrogen (secondary N) is 1. The van der Waals surface area contributed by atoms with Crippen molar-refractivity contribution in [1.82, 2.24) is 0 Å². The summed E-state index contributed by atoms with van der Waals surface area (Å²) in [7, 11) is 0. The van der Waals surface area contributed by atoms with Crippen LogP contribution < -0.4 is 10.1 Å². The molecule has 1 heterocycles. The summed E-state index contributed by atoms with van der Waals surface area (Å²) in [6.07, 6.45) is -4.29. The van der Waals surface area contributed by atoms with E-state index in [1.165, 1.54) is 18.2 Å². The minimum Gasteiger partial charge on any atom is -0.489 e. The minimum absolute atomic E-state index is 0.0346. The van der Waals surface area contributed by atoms with Gasteiger partial charge in [0.05, 0.1) is 23.9 Å². The maximum absolute atomic E-state index is 12.0. The van der Waals surface area contributed by atoms with Gasteiger partial charge in [-0.15, -0.1) is 12.6 Å². The summed E-state index contributed by atoms with van der Waals surface area (Å²) in [5, 5.41) is 3.32. The summed E-state index contributed by atoms with van der Waals surface area (Å²) < 4.78 is 52.2. The molecule has 5 nitrogen and oxygen atoms in total. The van der Waals surface area contributed by atoms with Crippen molar-refractivity contribution in [2.24, 2.45) is 0 Å². The summed E-state index contributed by atoms with van der Waals surface area (Å²) >= 11 is 3.67. The lowest BCUT2D eigenvalue weighted by molar-refractivity contribution is -0.160. The lowest BCUT2D eigenvalue weighted by Crippen LogP contribution is -2.36. The van der Waals surface area contributed by atoms with Gasteiger partial charge in [-0.3, -0.25) is 0 Å². The van der Waals surface area contributed by atoms with Gasteiger partial charge in [-0.05, 0) is 45.0 Å². The number of ether oxygens (including phenoxy) is 3. The van der Waals surface area contributed by atoms with E-state index in [4.69, 9.17) is 14.2 Å². The molecule has 1 atom stereocenters. The standard InChI is InChI=1S/C15H21NO4.C7H5F3S/c1-15(2,3)20-14(17)10-18-8-11-9-19-13-7-5-4-6-12(13)16-11;8-7(9,10)5-3-1-2-4-6(5)11/h4-7,11,16H,8-10H2,1-3H3;1-4,11H. The number of thiol groups is 1. The van der Waals surface area contributed by atoms with Crippen LogP contribution in [0.2, 0.25) is 0 Å². The normalized spacial score (nSPS) is 15.5. The van der Waals surface area contributed by atoms with Gasteiger partial charge in [0.15, 0.2) is 0 Å². The molecule has 0 amide bonds. The third-order valence-corrected chi connectivity index (χ3v) is 4.25. The Balaban J connectivity index is 0.000000262. The molecule has 1 N–H and O–H groups in total. The first kappa shape index (κ1) is 24.9. The van der Waals surface area contributed by atoms with Gasteiger partial charge in [0.2, 0.25) is 0 Å². The van der Waals surface area contributed by atoms with Crippen molar-refractivity contribution in [3.05, 3.63) is 54.1 Å². The Morgan fingerprint density at radius 1 is 1.13 bits per heavy atom. The molecule has 2 aromatic carbocycles. The highest BCUT2D eigenvalue weighted by Crippen LogP contribution is 2.33.